The molecule has 0 aromatic heterocycles. The Morgan fingerprint density at radius 1 is 0.914 bits per heavy atom. The van der Waals surface area contributed by atoms with Crippen LogP contribution in [0.5, 0.6) is 5.75 Å². The van der Waals surface area contributed by atoms with Gasteiger partial charge in [-0.2, -0.15) is 0 Å². The third-order valence-electron chi connectivity index (χ3n) is 7.36. The number of hydrogen-bond donors (Lipinski definition) is 0. The van der Waals surface area contributed by atoms with E-state index < -0.39 is 12.0 Å². The molecule has 5 rings (SSSR count). The van der Waals surface area contributed by atoms with Crippen LogP contribution in [0.25, 0.3) is 0 Å². The summed E-state index contributed by atoms with van der Waals surface area (Å²) >= 11 is 0. The Morgan fingerprint density at radius 2 is 1.60 bits per heavy atom. The Bertz CT molecular complexity index is 1150. The molecule has 0 saturated carbocycles. The molecular formula is C28H33N3O4. The maximum atomic E-state index is 13.8. The first-order chi connectivity index (χ1) is 16.8. The third kappa shape index (κ3) is 4.40. The number of rotatable bonds is 3. The number of para-hydroxylation sites is 2. The van der Waals surface area contributed by atoms with Gasteiger partial charge < -0.3 is 19.4 Å². The quantitative estimate of drug-likeness (QED) is 0.678. The SMILES string of the molecule is Cc1cc(C)c(N2CC(C(=O)N3CC(C(=O)N4CCCCC4)Oc4ccccc43)CC2=O)c(C)c1. The fourth-order valence-corrected chi connectivity index (χ4v) is 5.80. The Hall–Kier alpha value is -3.35. The number of carbonyl (C=O) groups excluding carboxylic acids is 3. The standard InChI is InChI=1S/C28H33N3O4/c1-18-13-19(2)26(20(3)14-18)31-16-21(15-25(31)32)27(33)30-17-24(28(34)29-11-7-4-8-12-29)35-23-10-6-5-9-22(23)30/h5-6,9-10,13-14,21,24H,4,7-8,11-12,15-17H2,1-3H3. The lowest BCUT2D eigenvalue weighted by Gasteiger charge is -2.38. The number of amides is 3. The van der Waals surface area contributed by atoms with Crippen LogP contribution >= 0.6 is 0 Å². The number of nitrogens with zero attached hydrogens (tertiary/aromatic N) is 3. The summed E-state index contributed by atoms with van der Waals surface area (Å²) in [6.07, 6.45) is 2.55. The number of fused-ring (bicyclic) bond motifs is 1. The minimum atomic E-state index is -0.734. The highest BCUT2D eigenvalue weighted by molar-refractivity contribution is 6.06. The highest BCUT2D eigenvalue weighted by Gasteiger charge is 2.42. The van der Waals surface area contributed by atoms with E-state index in [-0.39, 0.29) is 30.7 Å². The Balaban J connectivity index is 1.39. The average molecular weight is 476 g/mol. The minimum Gasteiger partial charge on any atom is -0.476 e. The average Bonchev–Trinajstić information content (AvgIpc) is 3.23. The molecular weight excluding hydrogens is 442 g/mol. The van der Waals surface area contributed by atoms with Crippen LogP contribution in [0.3, 0.4) is 0 Å². The number of anilines is 2. The Labute approximate surface area is 206 Å². The van der Waals surface area contributed by atoms with Crippen LogP contribution in [0.4, 0.5) is 11.4 Å². The van der Waals surface area contributed by atoms with Gasteiger partial charge in [0, 0.05) is 31.7 Å². The molecule has 35 heavy (non-hydrogen) atoms. The van der Waals surface area contributed by atoms with Gasteiger partial charge in [-0.15, -0.1) is 0 Å². The largest absolute Gasteiger partial charge is 0.476 e. The predicted octanol–water partition coefficient (Wildman–Crippen LogP) is 3.77. The normalized spacial score (nSPS) is 22.1. The molecule has 7 nitrogen and oxygen atoms in total. The van der Waals surface area contributed by atoms with Crippen molar-refractivity contribution in [2.24, 2.45) is 5.92 Å². The summed E-state index contributed by atoms with van der Waals surface area (Å²) in [6, 6.07) is 11.5. The fourth-order valence-electron chi connectivity index (χ4n) is 5.80. The number of benzene rings is 2. The minimum absolute atomic E-state index is 0.0408. The lowest BCUT2D eigenvalue weighted by atomic mass is 10.0. The molecule has 3 aliphatic heterocycles. The maximum Gasteiger partial charge on any atom is 0.265 e. The molecule has 2 fully saturated rings. The molecule has 2 aromatic carbocycles. The van der Waals surface area contributed by atoms with Crippen molar-refractivity contribution in [1.29, 1.82) is 0 Å². The van der Waals surface area contributed by atoms with Gasteiger partial charge in [0.25, 0.3) is 5.91 Å². The van der Waals surface area contributed by atoms with Gasteiger partial charge >= 0.3 is 0 Å². The van der Waals surface area contributed by atoms with E-state index in [0.29, 0.717) is 18.0 Å². The van der Waals surface area contributed by atoms with Crippen LogP contribution in [0.1, 0.15) is 42.4 Å². The molecule has 2 aromatic rings. The lowest BCUT2D eigenvalue weighted by molar-refractivity contribution is -0.139. The first-order valence-corrected chi connectivity index (χ1v) is 12.6. The van der Waals surface area contributed by atoms with Crippen LogP contribution in [0.2, 0.25) is 0 Å². The summed E-state index contributed by atoms with van der Waals surface area (Å²) in [6.45, 7) is 8.02. The fraction of sp³-hybridized carbons (Fsp3) is 0.464. The van der Waals surface area contributed by atoms with Gasteiger partial charge in [-0.05, 0) is 63.3 Å². The number of aryl methyl sites for hydroxylation is 3. The Morgan fingerprint density at radius 3 is 2.31 bits per heavy atom. The summed E-state index contributed by atoms with van der Waals surface area (Å²) < 4.78 is 6.08. The van der Waals surface area contributed by atoms with Crippen molar-refractivity contribution in [2.45, 2.75) is 52.6 Å². The second-order valence-corrected chi connectivity index (χ2v) is 10.1. The zero-order valence-corrected chi connectivity index (χ0v) is 20.8. The molecule has 0 spiro atoms. The smallest absolute Gasteiger partial charge is 0.265 e. The number of hydrogen-bond acceptors (Lipinski definition) is 4. The Kier molecular flexibility index (Phi) is 6.26. The molecule has 0 radical (unpaired) electrons. The molecule has 7 heteroatoms. The molecule has 0 aliphatic carbocycles. The van der Waals surface area contributed by atoms with E-state index >= 15 is 0 Å². The summed E-state index contributed by atoms with van der Waals surface area (Å²) in [5.41, 5.74) is 4.78. The van der Waals surface area contributed by atoms with E-state index in [4.69, 9.17) is 4.74 Å². The molecule has 2 saturated heterocycles. The molecule has 0 N–H and O–H groups in total. The van der Waals surface area contributed by atoms with E-state index in [1.807, 2.05) is 43.9 Å². The van der Waals surface area contributed by atoms with Crippen molar-refractivity contribution < 1.29 is 19.1 Å². The van der Waals surface area contributed by atoms with Crippen LogP contribution in [-0.2, 0) is 14.4 Å². The van der Waals surface area contributed by atoms with Gasteiger partial charge in [0.05, 0.1) is 18.2 Å². The molecule has 0 bridgehead atoms. The van der Waals surface area contributed by atoms with Crippen molar-refractivity contribution >= 4 is 29.1 Å². The number of ether oxygens (including phenoxy) is 1. The van der Waals surface area contributed by atoms with Crippen molar-refractivity contribution in [1.82, 2.24) is 4.90 Å². The monoisotopic (exact) mass is 475 g/mol. The zero-order valence-electron chi connectivity index (χ0n) is 20.8. The van der Waals surface area contributed by atoms with Crippen LogP contribution in [-0.4, -0.2) is 54.9 Å². The topological polar surface area (TPSA) is 70.2 Å². The van der Waals surface area contributed by atoms with Crippen molar-refractivity contribution in [2.75, 3.05) is 36.0 Å². The van der Waals surface area contributed by atoms with Gasteiger partial charge in [0.15, 0.2) is 6.10 Å². The first-order valence-electron chi connectivity index (χ1n) is 12.6. The van der Waals surface area contributed by atoms with E-state index in [1.165, 1.54) is 0 Å². The summed E-state index contributed by atoms with van der Waals surface area (Å²) in [5, 5.41) is 0. The van der Waals surface area contributed by atoms with E-state index in [1.54, 1.807) is 15.9 Å². The number of likely N-dealkylation sites (tertiary alicyclic amines) is 1. The van der Waals surface area contributed by atoms with Gasteiger partial charge in [-0.3, -0.25) is 14.4 Å². The van der Waals surface area contributed by atoms with E-state index in [9.17, 15) is 14.4 Å². The van der Waals surface area contributed by atoms with E-state index in [2.05, 4.69) is 12.1 Å². The van der Waals surface area contributed by atoms with Gasteiger partial charge in [-0.1, -0.05) is 29.8 Å². The first kappa shape index (κ1) is 23.4. The zero-order chi connectivity index (χ0) is 24.7. The van der Waals surface area contributed by atoms with Gasteiger partial charge in [0.2, 0.25) is 11.8 Å². The summed E-state index contributed by atoms with van der Waals surface area (Å²) in [7, 11) is 0. The number of carbonyl (C=O) groups is 3. The third-order valence-corrected chi connectivity index (χ3v) is 7.36. The molecule has 3 heterocycles. The van der Waals surface area contributed by atoms with Crippen LogP contribution in [0, 0.1) is 26.7 Å². The molecule has 2 atom stereocenters. The van der Waals surface area contributed by atoms with Crippen LogP contribution < -0.4 is 14.5 Å². The highest BCUT2D eigenvalue weighted by atomic mass is 16.5. The van der Waals surface area contributed by atoms with Gasteiger partial charge in [-0.25, -0.2) is 0 Å². The lowest BCUT2D eigenvalue weighted by Crippen LogP contribution is -2.53. The van der Waals surface area contributed by atoms with Crippen molar-refractivity contribution in [3.05, 3.63) is 53.1 Å². The second-order valence-electron chi connectivity index (χ2n) is 10.1. The molecule has 184 valence electrons. The second kappa shape index (κ2) is 9.36. The van der Waals surface area contributed by atoms with Crippen molar-refractivity contribution in [3.63, 3.8) is 0 Å². The summed E-state index contributed by atoms with van der Waals surface area (Å²) in [4.78, 5) is 45.4. The predicted molar refractivity (Wildman–Crippen MR) is 135 cm³/mol. The molecule has 3 amide bonds. The maximum absolute atomic E-state index is 13.8. The van der Waals surface area contributed by atoms with Crippen molar-refractivity contribution in [3.8, 4) is 5.75 Å². The molecule has 3 aliphatic rings. The molecule has 2 unspecified atom stereocenters. The van der Waals surface area contributed by atoms with E-state index in [0.717, 1.165) is 54.7 Å². The van der Waals surface area contributed by atoms with Gasteiger partial charge in [0.1, 0.15) is 5.75 Å². The highest BCUT2D eigenvalue weighted by Crippen LogP contribution is 2.37. The van der Waals surface area contributed by atoms with Crippen LogP contribution in [0.15, 0.2) is 36.4 Å². The summed E-state index contributed by atoms with van der Waals surface area (Å²) in [5.74, 6) is -0.170. The number of piperidine rings is 1.